The zero-order valence-electron chi connectivity index (χ0n) is 13.8. The van der Waals surface area contributed by atoms with E-state index in [0.717, 1.165) is 31.2 Å². The lowest BCUT2D eigenvalue weighted by Gasteiger charge is -2.12. The first kappa shape index (κ1) is 17.6. The number of amides is 1. The highest BCUT2D eigenvalue weighted by molar-refractivity contribution is 7.89. The number of pyridine rings is 1. The molecule has 0 radical (unpaired) electrons. The topological polar surface area (TPSA) is 88.2 Å². The molecule has 2 aromatic rings. The van der Waals surface area contributed by atoms with Crippen molar-refractivity contribution in [3.8, 4) is 0 Å². The molecule has 0 bridgehead atoms. The molecular formula is C18H21N3O3S. The molecule has 7 heteroatoms. The molecule has 3 rings (SSSR count). The van der Waals surface area contributed by atoms with Crippen molar-refractivity contribution in [2.24, 2.45) is 0 Å². The van der Waals surface area contributed by atoms with Gasteiger partial charge in [0.1, 0.15) is 0 Å². The Morgan fingerprint density at radius 1 is 1.04 bits per heavy atom. The molecule has 6 nitrogen and oxygen atoms in total. The second-order valence-corrected chi connectivity index (χ2v) is 7.93. The molecule has 0 aliphatic heterocycles. The van der Waals surface area contributed by atoms with Crippen molar-refractivity contribution in [2.45, 2.75) is 43.2 Å². The van der Waals surface area contributed by atoms with Crippen molar-refractivity contribution in [3.05, 3.63) is 59.9 Å². The van der Waals surface area contributed by atoms with Crippen LogP contribution in [0.15, 0.2) is 53.7 Å². The lowest BCUT2D eigenvalue weighted by Crippen LogP contribution is -2.32. The van der Waals surface area contributed by atoms with Gasteiger partial charge >= 0.3 is 0 Å². The van der Waals surface area contributed by atoms with E-state index in [1.165, 1.54) is 12.1 Å². The number of aromatic nitrogens is 1. The van der Waals surface area contributed by atoms with Crippen LogP contribution in [0.2, 0.25) is 0 Å². The summed E-state index contributed by atoms with van der Waals surface area (Å²) in [5.41, 5.74) is 1.30. The first-order valence-corrected chi connectivity index (χ1v) is 9.82. The Hall–Kier alpha value is -2.25. The molecule has 0 saturated heterocycles. The van der Waals surface area contributed by atoms with Crippen molar-refractivity contribution >= 4 is 15.9 Å². The summed E-state index contributed by atoms with van der Waals surface area (Å²) >= 11 is 0. The van der Waals surface area contributed by atoms with Crippen molar-refractivity contribution < 1.29 is 13.2 Å². The third kappa shape index (κ3) is 4.64. The van der Waals surface area contributed by atoms with E-state index >= 15 is 0 Å². The maximum absolute atomic E-state index is 12.3. The highest BCUT2D eigenvalue weighted by Crippen LogP contribution is 2.18. The van der Waals surface area contributed by atoms with Gasteiger partial charge in [0, 0.05) is 30.5 Å². The molecule has 1 aromatic heterocycles. The van der Waals surface area contributed by atoms with Crippen LogP contribution >= 0.6 is 0 Å². The quantitative estimate of drug-likeness (QED) is 0.828. The Balaban J connectivity index is 1.63. The van der Waals surface area contributed by atoms with Crippen molar-refractivity contribution in [1.29, 1.82) is 0 Å². The summed E-state index contributed by atoms with van der Waals surface area (Å²) in [5.74, 6) is -0.152. The molecular weight excluding hydrogens is 338 g/mol. The van der Waals surface area contributed by atoms with Gasteiger partial charge < -0.3 is 5.32 Å². The predicted molar refractivity (Wildman–Crippen MR) is 94.4 cm³/mol. The summed E-state index contributed by atoms with van der Waals surface area (Å²) in [7, 11) is -3.63. The zero-order valence-corrected chi connectivity index (χ0v) is 14.6. The molecule has 0 atom stereocenters. The number of sulfonamides is 1. The average Bonchev–Trinajstić information content (AvgIpc) is 3.14. The molecule has 0 spiro atoms. The fourth-order valence-electron chi connectivity index (χ4n) is 2.89. The molecule has 1 fully saturated rings. The van der Waals surface area contributed by atoms with Crippen LogP contribution in [0.1, 0.15) is 41.6 Å². The number of carbonyl (C=O) groups is 1. The third-order valence-corrected chi connectivity index (χ3v) is 5.75. The van der Waals surface area contributed by atoms with Crippen LogP contribution in [0, 0.1) is 0 Å². The summed E-state index contributed by atoms with van der Waals surface area (Å²) in [6, 6.07) is 9.74. The first-order valence-electron chi connectivity index (χ1n) is 8.34. The molecule has 1 aliphatic carbocycles. The second kappa shape index (κ2) is 7.76. The molecule has 1 aromatic carbocycles. The number of benzene rings is 1. The maximum Gasteiger partial charge on any atom is 0.251 e. The number of nitrogens with one attached hydrogen (secondary N) is 2. The fourth-order valence-corrected chi connectivity index (χ4v) is 3.90. The van der Waals surface area contributed by atoms with Gasteiger partial charge in [0.25, 0.3) is 5.91 Å². The Labute approximate surface area is 147 Å². The summed E-state index contributed by atoms with van der Waals surface area (Å²) in [4.78, 5) is 16.2. The van der Waals surface area contributed by atoms with E-state index in [1.54, 1.807) is 36.7 Å². The molecule has 1 saturated carbocycles. The number of rotatable bonds is 6. The van der Waals surface area contributed by atoms with Gasteiger partial charge in [0.15, 0.2) is 0 Å². The molecule has 25 heavy (non-hydrogen) atoms. The second-order valence-electron chi connectivity index (χ2n) is 6.16. The molecule has 0 unspecified atom stereocenters. The maximum atomic E-state index is 12.3. The van der Waals surface area contributed by atoms with E-state index < -0.39 is 10.0 Å². The van der Waals surface area contributed by atoms with E-state index in [2.05, 4.69) is 15.0 Å². The van der Waals surface area contributed by atoms with Crippen LogP contribution in [0.5, 0.6) is 0 Å². The zero-order chi connectivity index (χ0) is 17.7. The lowest BCUT2D eigenvalue weighted by atomic mass is 10.2. The van der Waals surface area contributed by atoms with Gasteiger partial charge in [0.05, 0.1) is 4.90 Å². The summed E-state index contributed by atoms with van der Waals surface area (Å²) in [6.45, 7) is 0.189. The number of hydrogen-bond donors (Lipinski definition) is 2. The minimum atomic E-state index is -3.63. The predicted octanol–water partition coefficient (Wildman–Crippen LogP) is 2.23. The molecule has 1 heterocycles. The van der Waals surface area contributed by atoms with Crippen molar-refractivity contribution in [3.63, 3.8) is 0 Å². The Bertz CT molecular complexity index is 814. The number of hydrogen-bond acceptors (Lipinski definition) is 4. The van der Waals surface area contributed by atoms with E-state index in [4.69, 9.17) is 0 Å². The summed E-state index contributed by atoms with van der Waals surface area (Å²) in [6.07, 6.45) is 7.54. The van der Waals surface area contributed by atoms with Gasteiger partial charge in [-0.1, -0.05) is 12.8 Å². The smallest absolute Gasteiger partial charge is 0.251 e. The standard InChI is InChI=1S/C18H21N3O3S/c22-18(21-16-3-1-2-4-16)15-5-7-17(8-6-15)25(23,24)20-13-14-9-11-19-12-10-14/h5-12,16,20H,1-4,13H2,(H,21,22). The minimum Gasteiger partial charge on any atom is -0.349 e. The third-order valence-electron chi connectivity index (χ3n) is 4.33. The molecule has 2 N–H and O–H groups in total. The van der Waals surface area contributed by atoms with Crippen molar-refractivity contribution in [1.82, 2.24) is 15.0 Å². The van der Waals surface area contributed by atoms with E-state index in [-0.39, 0.29) is 23.4 Å². The monoisotopic (exact) mass is 359 g/mol. The van der Waals surface area contributed by atoms with Crippen LogP contribution in [-0.4, -0.2) is 25.4 Å². The van der Waals surface area contributed by atoms with Crippen LogP contribution in [0.4, 0.5) is 0 Å². The Morgan fingerprint density at radius 2 is 1.68 bits per heavy atom. The fraction of sp³-hybridized carbons (Fsp3) is 0.333. The summed E-state index contributed by atoms with van der Waals surface area (Å²) < 4.78 is 27.2. The average molecular weight is 359 g/mol. The summed E-state index contributed by atoms with van der Waals surface area (Å²) in [5, 5.41) is 2.99. The molecule has 132 valence electrons. The SMILES string of the molecule is O=C(NC1CCCC1)c1ccc(S(=O)(=O)NCc2ccncc2)cc1. The highest BCUT2D eigenvalue weighted by atomic mass is 32.2. The Kier molecular flexibility index (Phi) is 5.45. The van der Waals surface area contributed by atoms with Gasteiger partial charge in [-0.2, -0.15) is 0 Å². The number of carbonyl (C=O) groups excluding carboxylic acids is 1. The van der Waals surface area contributed by atoms with Gasteiger partial charge in [-0.05, 0) is 54.8 Å². The van der Waals surface area contributed by atoms with E-state index in [0.29, 0.717) is 5.56 Å². The van der Waals surface area contributed by atoms with Crippen LogP contribution in [0.25, 0.3) is 0 Å². The largest absolute Gasteiger partial charge is 0.349 e. The van der Waals surface area contributed by atoms with Crippen LogP contribution < -0.4 is 10.0 Å². The van der Waals surface area contributed by atoms with Crippen molar-refractivity contribution in [2.75, 3.05) is 0 Å². The lowest BCUT2D eigenvalue weighted by molar-refractivity contribution is 0.0938. The Morgan fingerprint density at radius 3 is 2.32 bits per heavy atom. The van der Waals surface area contributed by atoms with Crippen LogP contribution in [0.3, 0.4) is 0 Å². The molecule has 1 amide bonds. The normalized spacial score (nSPS) is 15.2. The van der Waals surface area contributed by atoms with Crippen LogP contribution in [-0.2, 0) is 16.6 Å². The van der Waals surface area contributed by atoms with Gasteiger partial charge in [-0.25, -0.2) is 13.1 Å². The minimum absolute atomic E-state index is 0.138. The van der Waals surface area contributed by atoms with Gasteiger partial charge in [-0.15, -0.1) is 0 Å². The van der Waals surface area contributed by atoms with Gasteiger partial charge in [0.2, 0.25) is 10.0 Å². The molecule has 1 aliphatic rings. The van der Waals surface area contributed by atoms with E-state index in [9.17, 15) is 13.2 Å². The van der Waals surface area contributed by atoms with E-state index in [1.807, 2.05) is 0 Å². The highest BCUT2D eigenvalue weighted by Gasteiger charge is 2.19. The number of nitrogens with zero attached hydrogens (tertiary/aromatic N) is 1. The first-order chi connectivity index (χ1) is 12.0. The van der Waals surface area contributed by atoms with Gasteiger partial charge in [-0.3, -0.25) is 9.78 Å².